The fraction of sp³-hybridized carbons (Fsp3) is 0.667. The van der Waals surface area contributed by atoms with Crippen LogP contribution in [0.15, 0.2) is 24.3 Å². The number of nitrogens with zero attached hydrogens (tertiary/aromatic N) is 2. The molecular weight excluding hydrogens is 444 g/mol. The van der Waals surface area contributed by atoms with Crippen molar-refractivity contribution in [2.24, 2.45) is 5.92 Å². The van der Waals surface area contributed by atoms with Crippen LogP contribution in [0.3, 0.4) is 0 Å². The first kappa shape index (κ1) is 24.4. The molecule has 0 bridgehead atoms. The predicted octanol–water partition coefficient (Wildman–Crippen LogP) is 3.74. The molecule has 1 aromatic heterocycles. The number of hydrogen-bond donors (Lipinski definition) is 3. The highest BCUT2D eigenvalue weighted by molar-refractivity contribution is 5.88. The van der Waals surface area contributed by atoms with E-state index >= 15 is 0 Å². The Labute approximate surface area is 207 Å². The maximum absolute atomic E-state index is 12.6. The second-order valence-electron chi connectivity index (χ2n) is 10.7. The summed E-state index contributed by atoms with van der Waals surface area (Å²) in [6.07, 6.45) is 6.87. The molecule has 5 rings (SSSR count). The molecule has 8 heteroatoms. The summed E-state index contributed by atoms with van der Waals surface area (Å²) in [5, 5.41) is 13.7. The lowest BCUT2D eigenvalue weighted by atomic mass is 9.86. The van der Waals surface area contributed by atoms with Crippen LogP contribution in [0.4, 0.5) is 4.79 Å². The molecule has 0 spiro atoms. The Morgan fingerprint density at radius 2 is 1.91 bits per heavy atom. The summed E-state index contributed by atoms with van der Waals surface area (Å²) in [5.41, 5.74) is 0.907. The van der Waals surface area contributed by atoms with Gasteiger partial charge in [0, 0.05) is 56.3 Å². The number of piperidine rings is 2. The van der Waals surface area contributed by atoms with Gasteiger partial charge in [-0.1, -0.05) is 12.5 Å². The Morgan fingerprint density at radius 1 is 1.14 bits per heavy atom. The van der Waals surface area contributed by atoms with Crippen LogP contribution in [-0.4, -0.2) is 83.5 Å². The molecule has 0 unspecified atom stereocenters. The predicted molar refractivity (Wildman–Crippen MR) is 136 cm³/mol. The number of ether oxygens (including phenoxy) is 2. The third-order valence-corrected chi connectivity index (χ3v) is 8.06. The number of aromatic amines is 1. The van der Waals surface area contributed by atoms with Gasteiger partial charge < -0.3 is 29.8 Å². The van der Waals surface area contributed by atoms with Crippen LogP contribution in [0.2, 0.25) is 0 Å². The van der Waals surface area contributed by atoms with E-state index in [-0.39, 0.29) is 12.1 Å². The number of aliphatic hydroxyl groups excluding tert-OH is 1. The number of carbonyl (C=O) groups is 1. The van der Waals surface area contributed by atoms with Gasteiger partial charge in [0.15, 0.2) is 0 Å². The monoisotopic (exact) mass is 484 g/mol. The molecule has 0 radical (unpaired) electrons. The van der Waals surface area contributed by atoms with Crippen LogP contribution >= 0.6 is 0 Å². The van der Waals surface area contributed by atoms with Crippen LogP contribution in [0, 0.1) is 5.92 Å². The lowest BCUT2D eigenvalue weighted by Gasteiger charge is -2.39. The van der Waals surface area contributed by atoms with Crippen LogP contribution < -0.4 is 14.8 Å². The molecule has 35 heavy (non-hydrogen) atoms. The smallest absolute Gasteiger partial charge is 0.414 e. The minimum atomic E-state index is -0.410. The second kappa shape index (κ2) is 11.2. The van der Waals surface area contributed by atoms with Gasteiger partial charge in [-0.25, -0.2) is 4.79 Å². The molecule has 2 saturated heterocycles. The molecule has 8 nitrogen and oxygen atoms in total. The van der Waals surface area contributed by atoms with Crippen molar-refractivity contribution >= 4 is 17.0 Å². The molecule has 3 aliphatic rings. The SMILES string of the molecule is C[C@@H](CN1CCC(NC(=O)Oc2cc3c(OCC4CCC4)cccc3[nH]2)CC1)N1CCC(O)CC1. The zero-order valence-electron chi connectivity index (χ0n) is 20.9. The fourth-order valence-electron chi connectivity index (χ4n) is 5.52. The van der Waals surface area contributed by atoms with Gasteiger partial charge in [0.25, 0.3) is 0 Å². The Morgan fingerprint density at radius 3 is 2.63 bits per heavy atom. The van der Waals surface area contributed by atoms with E-state index in [2.05, 4.69) is 27.0 Å². The summed E-state index contributed by atoms with van der Waals surface area (Å²) in [6.45, 7) is 7.97. The number of benzene rings is 1. The topological polar surface area (TPSA) is 90.1 Å². The minimum Gasteiger partial charge on any atom is -0.493 e. The van der Waals surface area contributed by atoms with Gasteiger partial charge in [0.2, 0.25) is 5.88 Å². The molecular formula is C27H40N4O4. The van der Waals surface area contributed by atoms with E-state index < -0.39 is 6.09 Å². The molecule has 1 atom stereocenters. The molecule has 3 heterocycles. The molecule has 1 amide bonds. The average Bonchev–Trinajstić information content (AvgIpc) is 3.23. The van der Waals surface area contributed by atoms with Crippen LogP contribution in [0.1, 0.15) is 51.9 Å². The van der Waals surface area contributed by atoms with E-state index in [4.69, 9.17) is 9.47 Å². The zero-order chi connectivity index (χ0) is 24.2. The van der Waals surface area contributed by atoms with Crippen LogP contribution in [0.5, 0.6) is 11.6 Å². The number of likely N-dealkylation sites (tertiary alicyclic amines) is 2. The Balaban J connectivity index is 1.06. The van der Waals surface area contributed by atoms with Crippen molar-refractivity contribution in [3.63, 3.8) is 0 Å². The molecule has 2 aliphatic heterocycles. The van der Waals surface area contributed by atoms with Crippen molar-refractivity contribution in [1.29, 1.82) is 0 Å². The summed E-state index contributed by atoms with van der Waals surface area (Å²) in [4.78, 5) is 20.7. The lowest BCUT2D eigenvalue weighted by Crippen LogP contribution is -2.50. The largest absolute Gasteiger partial charge is 0.493 e. The standard InChI is InChI=1S/C27H40N4O4/c1-19(31-14-10-22(32)11-15-31)17-30-12-8-21(9-13-30)28-27(33)35-26-16-23-24(29-26)6-3-7-25(23)34-18-20-4-2-5-20/h3,6-7,16,19-22,29,32H,2,4-5,8-15,17-18H2,1H3,(H,28,33)/t19-/m0/s1. The van der Waals surface area contributed by atoms with Gasteiger partial charge in [-0.05, 0) is 63.5 Å². The van der Waals surface area contributed by atoms with Crippen molar-refractivity contribution < 1.29 is 19.4 Å². The number of carbonyl (C=O) groups excluding carboxylic acids is 1. The van der Waals surface area contributed by atoms with Gasteiger partial charge in [-0.2, -0.15) is 0 Å². The summed E-state index contributed by atoms with van der Waals surface area (Å²) in [6, 6.07) is 8.38. The molecule has 2 aromatic rings. The van der Waals surface area contributed by atoms with Crippen LogP contribution in [0.25, 0.3) is 10.9 Å². The number of H-pyrrole nitrogens is 1. The first-order valence-corrected chi connectivity index (χ1v) is 13.4. The quantitative estimate of drug-likeness (QED) is 0.529. The number of aromatic nitrogens is 1. The Kier molecular flexibility index (Phi) is 7.80. The number of rotatable bonds is 8. The molecule has 1 saturated carbocycles. The first-order chi connectivity index (χ1) is 17.0. The summed E-state index contributed by atoms with van der Waals surface area (Å²) < 4.78 is 11.6. The lowest BCUT2D eigenvalue weighted by molar-refractivity contribution is 0.0501. The van der Waals surface area contributed by atoms with Gasteiger partial charge >= 0.3 is 6.09 Å². The second-order valence-corrected chi connectivity index (χ2v) is 10.7. The van der Waals surface area contributed by atoms with E-state index in [1.54, 1.807) is 0 Å². The molecule has 1 aromatic carbocycles. The van der Waals surface area contributed by atoms with E-state index in [1.165, 1.54) is 19.3 Å². The third kappa shape index (κ3) is 6.29. The zero-order valence-corrected chi connectivity index (χ0v) is 20.9. The third-order valence-electron chi connectivity index (χ3n) is 8.06. The van der Waals surface area contributed by atoms with Gasteiger partial charge in [0.05, 0.1) is 18.2 Å². The fourth-order valence-corrected chi connectivity index (χ4v) is 5.52. The van der Waals surface area contributed by atoms with Crippen molar-refractivity contribution in [3.8, 4) is 11.6 Å². The van der Waals surface area contributed by atoms with Crippen molar-refractivity contribution in [3.05, 3.63) is 24.3 Å². The normalized spacial score (nSPS) is 22.1. The molecule has 3 fully saturated rings. The van der Waals surface area contributed by atoms with Crippen molar-refractivity contribution in [1.82, 2.24) is 20.1 Å². The van der Waals surface area contributed by atoms with E-state index in [0.717, 1.165) is 81.7 Å². The Bertz CT molecular complexity index is 975. The number of aliphatic hydroxyl groups is 1. The number of hydrogen-bond acceptors (Lipinski definition) is 6. The van der Waals surface area contributed by atoms with E-state index in [0.29, 0.717) is 17.8 Å². The highest BCUT2D eigenvalue weighted by atomic mass is 16.6. The van der Waals surface area contributed by atoms with Crippen molar-refractivity contribution in [2.45, 2.75) is 70.1 Å². The molecule has 192 valence electrons. The maximum atomic E-state index is 12.6. The highest BCUT2D eigenvalue weighted by Gasteiger charge is 2.26. The van der Waals surface area contributed by atoms with E-state index in [1.807, 2.05) is 24.3 Å². The van der Waals surface area contributed by atoms with Crippen LogP contribution in [-0.2, 0) is 0 Å². The van der Waals surface area contributed by atoms with Crippen molar-refractivity contribution in [2.75, 3.05) is 39.3 Å². The van der Waals surface area contributed by atoms with Gasteiger partial charge in [-0.3, -0.25) is 4.90 Å². The maximum Gasteiger partial charge on any atom is 0.414 e. The molecule has 1 aliphatic carbocycles. The summed E-state index contributed by atoms with van der Waals surface area (Å²) in [7, 11) is 0. The first-order valence-electron chi connectivity index (χ1n) is 13.4. The summed E-state index contributed by atoms with van der Waals surface area (Å²) in [5.74, 6) is 1.94. The van der Waals surface area contributed by atoms with Gasteiger partial charge in [-0.15, -0.1) is 0 Å². The highest BCUT2D eigenvalue weighted by Crippen LogP contribution is 2.32. The molecule has 3 N–H and O–H groups in total. The number of amides is 1. The average molecular weight is 485 g/mol. The number of fused-ring (bicyclic) bond motifs is 1. The minimum absolute atomic E-state index is 0.128. The van der Waals surface area contributed by atoms with Gasteiger partial charge in [0.1, 0.15) is 5.75 Å². The summed E-state index contributed by atoms with van der Waals surface area (Å²) >= 11 is 0. The number of nitrogens with one attached hydrogen (secondary N) is 2. The Hall–Kier alpha value is -2.29. The van der Waals surface area contributed by atoms with E-state index in [9.17, 15) is 9.90 Å².